The van der Waals surface area contributed by atoms with E-state index in [4.69, 9.17) is 16.9 Å². The number of carbonyl (C=O) groups excluding carboxylic acids is 3. The largest absolute Gasteiger partial charge is 0.325 e. The zero-order valence-electron chi connectivity index (χ0n) is 17.7. The van der Waals surface area contributed by atoms with Crippen molar-refractivity contribution in [2.24, 2.45) is 0 Å². The van der Waals surface area contributed by atoms with Crippen LogP contribution < -0.4 is 10.2 Å². The number of carbonyl (C=O) groups is 3. The second-order valence-electron chi connectivity index (χ2n) is 8.24. The summed E-state index contributed by atoms with van der Waals surface area (Å²) in [5.74, 6) is -0.809. The molecule has 1 saturated heterocycles. The third-order valence-corrected chi connectivity index (χ3v) is 6.60. The van der Waals surface area contributed by atoms with Crippen molar-refractivity contribution in [1.29, 1.82) is 5.26 Å². The Morgan fingerprint density at radius 1 is 1.25 bits per heavy atom. The number of hydrogen-bond donors (Lipinski definition) is 1. The maximum atomic E-state index is 13.3. The number of amides is 4. The van der Waals surface area contributed by atoms with Crippen LogP contribution in [-0.4, -0.2) is 41.4 Å². The van der Waals surface area contributed by atoms with Crippen molar-refractivity contribution in [2.75, 3.05) is 18.0 Å². The molecule has 4 rings (SSSR count). The second kappa shape index (κ2) is 8.64. The molecule has 0 radical (unpaired) electrons. The molecule has 2 aromatic carbocycles. The van der Waals surface area contributed by atoms with Gasteiger partial charge in [0.2, 0.25) is 5.91 Å². The smallest absolute Gasteiger partial charge is 0.323 e. The average molecular weight is 451 g/mol. The molecular formula is C24H23ClN4O3. The number of benzene rings is 2. The molecule has 1 atom stereocenters. The van der Waals surface area contributed by atoms with Crippen LogP contribution in [-0.2, 0) is 22.4 Å². The molecule has 32 heavy (non-hydrogen) atoms. The number of nitriles is 1. The zero-order chi connectivity index (χ0) is 22.9. The van der Waals surface area contributed by atoms with E-state index in [1.54, 1.807) is 18.2 Å². The highest BCUT2D eigenvalue weighted by Crippen LogP contribution is 2.33. The summed E-state index contributed by atoms with van der Waals surface area (Å²) in [4.78, 5) is 41.6. The van der Waals surface area contributed by atoms with Crippen molar-refractivity contribution in [2.45, 2.75) is 38.1 Å². The van der Waals surface area contributed by atoms with Crippen LogP contribution in [0.1, 0.15) is 29.5 Å². The van der Waals surface area contributed by atoms with Crippen LogP contribution in [0.25, 0.3) is 0 Å². The van der Waals surface area contributed by atoms with Gasteiger partial charge in [0.05, 0.1) is 12.5 Å². The number of hydrogen-bond acceptors (Lipinski definition) is 4. The molecule has 0 bridgehead atoms. The summed E-state index contributed by atoms with van der Waals surface area (Å²) >= 11 is 6.10. The number of rotatable bonds is 5. The van der Waals surface area contributed by atoms with Crippen molar-refractivity contribution in [3.63, 3.8) is 0 Å². The third-order valence-electron chi connectivity index (χ3n) is 6.17. The predicted molar refractivity (Wildman–Crippen MR) is 120 cm³/mol. The molecule has 1 unspecified atom stereocenters. The van der Waals surface area contributed by atoms with E-state index in [0.29, 0.717) is 30.0 Å². The molecule has 7 nitrogen and oxygen atoms in total. The Morgan fingerprint density at radius 2 is 2.00 bits per heavy atom. The monoisotopic (exact) mass is 450 g/mol. The number of nitrogens with zero attached hydrogens (tertiary/aromatic N) is 3. The van der Waals surface area contributed by atoms with Gasteiger partial charge in [0.15, 0.2) is 0 Å². The van der Waals surface area contributed by atoms with Crippen LogP contribution in [0.5, 0.6) is 0 Å². The number of nitrogens with one attached hydrogen (secondary N) is 1. The Labute approximate surface area is 191 Å². The molecule has 0 aromatic heterocycles. The summed E-state index contributed by atoms with van der Waals surface area (Å²) in [5.41, 5.74) is 2.55. The highest BCUT2D eigenvalue weighted by Gasteiger charge is 2.52. The van der Waals surface area contributed by atoms with Gasteiger partial charge >= 0.3 is 6.03 Å². The van der Waals surface area contributed by atoms with Crippen molar-refractivity contribution in [3.8, 4) is 6.07 Å². The van der Waals surface area contributed by atoms with E-state index in [0.717, 1.165) is 16.0 Å². The summed E-state index contributed by atoms with van der Waals surface area (Å²) in [5, 5.41) is 12.4. The van der Waals surface area contributed by atoms with E-state index in [9.17, 15) is 14.4 Å². The van der Waals surface area contributed by atoms with Gasteiger partial charge in [0.25, 0.3) is 5.91 Å². The molecule has 164 valence electrons. The van der Waals surface area contributed by atoms with Crippen molar-refractivity contribution in [3.05, 3.63) is 64.2 Å². The number of fused-ring (bicyclic) bond motifs is 1. The third kappa shape index (κ3) is 3.94. The first-order valence-electron chi connectivity index (χ1n) is 10.5. The lowest BCUT2D eigenvalue weighted by Gasteiger charge is -2.32. The van der Waals surface area contributed by atoms with Crippen LogP contribution in [0.15, 0.2) is 42.5 Å². The van der Waals surface area contributed by atoms with E-state index < -0.39 is 17.5 Å². The minimum absolute atomic E-state index is 0.119. The van der Waals surface area contributed by atoms with Gasteiger partial charge in [-0.2, -0.15) is 5.26 Å². The van der Waals surface area contributed by atoms with Gasteiger partial charge in [-0.3, -0.25) is 14.5 Å². The zero-order valence-corrected chi connectivity index (χ0v) is 18.5. The predicted octanol–water partition coefficient (Wildman–Crippen LogP) is 3.37. The molecule has 4 amide bonds. The second-order valence-corrected chi connectivity index (χ2v) is 8.64. The van der Waals surface area contributed by atoms with Gasteiger partial charge in [-0.25, -0.2) is 4.79 Å². The van der Waals surface area contributed by atoms with Crippen LogP contribution in [0, 0.1) is 18.3 Å². The molecule has 2 aliphatic rings. The number of imide groups is 1. The van der Waals surface area contributed by atoms with Crippen LogP contribution in [0.3, 0.4) is 0 Å². The molecule has 2 aromatic rings. The number of anilines is 1. The lowest BCUT2D eigenvalue weighted by atomic mass is 9.78. The Morgan fingerprint density at radius 3 is 2.72 bits per heavy atom. The number of urea groups is 1. The van der Waals surface area contributed by atoms with E-state index in [1.807, 2.05) is 37.3 Å². The summed E-state index contributed by atoms with van der Waals surface area (Å²) in [6, 6.07) is 14.5. The molecule has 1 aliphatic carbocycles. The van der Waals surface area contributed by atoms with Crippen molar-refractivity contribution in [1.82, 2.24) is 10.2 Å². The van der Waals surface area contributed by atoms with Gasteiger partial charge in [0.1, 0.15) is 12.1 Å². The minimum Gasteiger partial charge on any atom is -0.323 e. The highest BCUT2D eigenvalue weighted by atomic mass is 35.5. The first-order valence-corrected chi connectivity index (χ1v) is 10.9. The van der Waals surface area contributed by atoms with Crippen molar-refractivity contribution < 1.29 is 14.4 Å². The van der Waals surface area contributed by atoms with Crippen LogP contribution in [0.2, 0.25) is 5.02 Å². The molecule has 0 saturated carbocycles. The fraction of sp³-hybridized carbons (Fsp3) is 0.333. The van der Waals surface area contributed by atoms with Gasteiger partial charge in [0, 0.05) is 23.7 Å². The Balaban J connectivity index is 1.55. The normalized spacial score (nSPS) is 19.5. The lowest BCUT2D eigenvalue weighted by molar-refractivity contribution is -0.134. The van der Waals surface area contributed by atoms with Crippen LogP contribution >= 0.6 is 11.6 Å². The van der Waals surface area contributed by atoms with Gasteiger partial charge in [-0.1, -0.05) is 35.9 Å². The van der Waals surface area contributed by atoms with E-state index >= 15 is 0 Å². The van der Waals surface area contributed by atoms with Gasteiger partial charge in [-0.15, -0.1) is 0 Å². The minimum atomic E-state index is -1.01. The molecule has 8 heteroatoms. The fourth-order valence-electron chi connectivity index (χ4n) is 4.42. The summed E-state index contributed by atoms with van der Waals surface area (Å²) in [6.45, 7) is 1.58. The number of halogens is 1. The van der Waals surface area contributed by atoms with E-state index in [1.165, 1.54) is 10.5 Å². The first-order chi connectivity index (χ1) is 15.3. The number of aryl methyl sites for hydroxylation is 2. The lowest BCUT2D eigenvalue weighted by Crippen LogP contribution is -2.51. The molecule has 1 N–H and O–H groups in total. The SMILES string of the molecule is Cc1cc(N(CCC#N)C(=O)CN2C(=O)NC3(CCc4ccccc4C3)C2=O)ccc1Cl. The topological polar surface area (TPSA) is 93.5 Å². The summed E-state index contributed by atoms with van der Waals surface area (Å²) in [6.07, 6.45) is 1.71. The molecule has 1 heterocycles. The van der Waals surface area contributed by atoms with Crippen LogP contribution in [0.4, 0.5) is 10.5 Å². The maximum absolute atomic E-state index is 13.3. The Kier molecular flexibility index (Phi) is 5.90. The standard InChI is InChI=1S/C24H23ClN4O3/c1-16-13-19(7-8-20(16)25)28(12-4-11-26)21(30)15-29-22(31)24(27-23(29)32)10-9-17-5-2-3-6-18(17)14-24/h2-3,5-8,13H,4,9-10,12,14-15H2,1H3,(H,27,32). The van der Waals surface area contributed by atoms with Crippen molar-refractivity contribution >= 4 is 35.1 Å². The molecule has 1 fully saturated rings. The Hall–Kier alpha value is -3.37. The van der Waals surface area contributed by atoms with E-state index in [-0.39, 0.29) is 25.4 Å². The molecule has 1 spiro atoms. The molecular weight excluding hydrogens is 428 g/mol. The molecule has 1 aliphatic heterocycles. The summed E-state index contributed by atoms with van der Waals surface area (Å²) in [7, 11) is 0. The van der Waals surface area contributed by atoms with Gasteiger partial charge < -0.3 is 10.2 Å². The summed E-state index contributed by atoms with van der Waals surface area (Å²) < 4.78 is 0. The van der Waals surface area contributed by atoms with Gasteiger partial charge in [-0.05, 0) is 54.7 Å². The first kappa shape index (κ1) is 21.8. The van der Waals surface area contributed by atoms with E-state index in [2.05, 4.69) is 5.32 Å². The fourth-order valence-corrected chi connectivity index (χ4v) is 4.54. The quantitative estimate of drug-likeness (QED) is 0.706. The highest BCUT2D eigenvalue weighted by molar-refractivity contribution is 6.31. The maximum Gasteiger partial charge on any atom is 0.325 e. The average Bonchev–Trinajstić information content (AvgIpc) is 3.00. The Bertz CT molecular complexity index is 1140.